The molecule has 0 saturated carbocycles. The Morgan fingerprint density at radius 1 is 1.17 bits per heavy atom. The smallest absolute Gasteiger partial charge is 0.145 e. The van der Waals surface area contributed by atoms with Gasteiger partial charge in [-0.25, -0.2) is 9.37 Å². The topological polar surface area (TPSA) is 24.9 Å². The summed E-state index contributed by atoms with van der Waals surface area (Å²) in [6.07, 6.45) is 0. The van der Waals surface area contributed by atoms with Crippen LogP contribution in [0.4, 0.5) is 10.2 Å². The van der Waals surface area contributed by atoms with Crippen LogP contribution in [-0.2, 0) is 0 Å². The number of hydrogen-bond acceptors (Lipinski definition) is 2. The first kappa shape index (κ1) is 13.1. The second-order valence-electron chi connectivity index (χ2n) is 3.69. The highest BCUT2D eigenvalue weighted by Gasteiger charge is 2.10. The predicted octanol–water partition coefficient (Wildman–Crippen LogP) is 4.63. The first-order valence-corrected chi connectivity index (χ1v) is 6.23. The summed E-state index contributed by atoms with van der Waals surface area (Å²) in [5.41, 5.74) is 1.33. The summed E-state index contributed by atoms with van der Waals surface area (Å²) in [4.78, 5) is 4.36. The lowest BCUT2D eigenvalue weighted by Gasteiger charge is -2.10. The van der Waals surface area contributed by atoms with Crippen LogP contribution in [0.25, 0.3) is 11.3 Å². The zero-order valence-electron chi connectivity index (χ0n) is 9.67. The molecule has 5 heteroatoms. The van der Waals surface area contributed by atoms with E-state index in [9.17, 15) is 4.39 Å². The largest absolute Gasteiger partial charge is 0.369 e. The van der Waals surface area contributed by atoms with Gasteiger partial charge in [-0.3, -0.25) is 0 Å². The highest BCUT2D eigenvalue weighted by molar-refractivity contribution is 6.37. The van der Waals surface area contributed by atoms with Gasteiger partial charge in [-0.15, -0.1) is 0 Å². The summed E-state index contributed by atoms with van der Waals surface area (Å²) in [5.74, 6) is 0.277. The van der Waals surface area contributed by atoms with Crippen molar-refractivity contribution in [3.05, 3.63) is 46.2 Å². The van der Waals surface area contributed by atoms with Crippen LogP contribution in [0.3, 0.4) is 0 Å². The lowest BCUT2D eigenvalue weighted by Crippen LogP contribution is -2.01. The molecule has 1 heterocycles. The number of nitrogens with zero attached hydrogens (tertiary/aromatic N) is 1. The maximum atomic E-state index is 12.9. The number of benzene rings is 1. The van der Waals surface area contributed by atoms with Crippen LogP contribution in [0.15, 0.2) is 30.3 Å². The fraction of sp³-hybridized carbons (Fsp3) is 0.154. The van der Waals surface area contributed by atoms with Gasteiger partial charge in [0.2, 0.25) is 0 Å². The maximum Gasteiger partial charge on any atom is 0.145 e. The minimum atomic E-state index is -0.296. The lowest BCUT2D eigenvalue weighted by molar-refractivity contribution is 0.628. The molecule has 2 rings (SSSR count). The molecule has 0 aliphatic rings. The Labute approximate surface area is 115 Å². The second-order valence-corrected chi connectivity index (χ2v) is 4.50. The fourth-order valence-electron chi connectivity index (χ4n) is 1.57. The summed E-state index contributed by atoms with van der Waals surface area (Å²) in [7, 11) is 0. The van der Waals surface area contributed by atoms with E-state index >= 15 is 0 Å². The summed E-state index contributed by atoms with van der Waals surface area (Å²) >= 11 is 12.1. The number of aromatic nitrogens is 1. The van der Waals surface area contributed by atoms with Crippen molar-refractivity contribution in [2.75, 3.05) is 11.9 Å². The lowest BCUT2D eigenvalue weighted by atomic mass is 10.1. The van der Waals surface area contributed by atoms with E-state index in [-0.39, 0.29) is 5.82 Å². The SMILES string of the molecule is CCNc1nc(-c2ccc(F)cc2)c(Cl)cc1Cl. The maximum absolute atomic E-state index is 12.9. The number of pyridine rings is 1. The van der Waals surface area contributed by atoms with Gasteiger partial charge in [0.25, 0.3) is 0 Å². The van der Waals surface area contributed by atoms with Crippen LogP contribution >= 0.6 is 23.2 Å². The van der Waals surface area contributed by atoms with Crippen LogP contribution in [0, 0.1) is 5.82 Å². The summed E-state index contributed by atoms with van der Waals surface area (Å²) in [6.45, 7) is 2.65. The van der Waals surface area contributed by atoms with Crippen molar-refractivity contribution in [2.24, 2.45) is 0 Å². The van der Waals surface area contributed by atoms with Gasteiger partial charge in [-0.1, -0.05) is 23.2 Å². The van der Waals surface area contributed by atoms with Crippen molar-refractivity contribution in [1.29, 1.82) is 0 Å². The minimum absolute atomic E-state index is 0.296. The van der Waals surface area contributed by atoms with Gasteiger partial charge in [0.05, 0.1) is 15.7 Å². The Morgan fingerprint density at radius 3 is 2.44 bits per heavy atom. The molecule has 0 unspecified atom stereocenters. The van der Waals surface area contributed by atoms with E-state index in [4.69, 9.17) is 23.2 Å². The van der Waals surface area contributed by atoms with Crippen molar-refractivity contribution < 1.29 is 4.39 Å². The molecule has 0 aliphatic heterocycles. The molecule has 0 bridgehead atoms. The monoisotopic (exact) mass is 284 g/mol. The third kappa shape index (κ3) is 2.74. The fourth-order valence-corrected chi connectivity index (χ4v) is 2.10. The summed E-state index contributed by atoms with van der Waals surface area (Å²) in [6, 6.07) is 7.64. The normalized spacial score (nSPS) is 10.4. The zero-order chi connectivity index (χ0) is 13.1. The molecule has 1 N–H and O–H groups in total. The Kier molecular flexibility index (Phi) is 4.04. The summed E-state index contributed by atoms with van der Waals surface area (Å²) < 4.78 is 12.9. The van der Waals surface area contributed by atoms with Crippen LogP contribution < -0.4 is 5.32 Å². The second kappa shape index (κ2) is 5.55. The molecule has 0 fully saturated rings. The molecule has 2 nitrogen and oxygen atoms in total. The van der Waals surface area contributed by atoms with Gasteiger partial charge in [0, 0.05) is 12.1 Å². The van der Waals surface area contributed by atoms with Crippen LogP contribution in [0.5, 0.6) is 0 Å². The molecule has 0 radical (unpaired) electrons. The third-order valence-corrected chi connectivity index (χ3v) is 2.97. The molecule has 0 aliphatic carbocycles. The van der Waals surface area contributed by atoms with E-state index < -0.39 is 0 Å². The molecular formula is C13H11Cl2FN2. The average molecular weight is 285 g/mol. The molecule has 1 aromatic heterocycles. The first-order chi connectivity index (χ1) is 8.61. The molecule has 0 atom stereocenters. The van der Waals surface area contributed by atoms with E-state index in [2.05, 4.69) is 10.3 Å². The number of halogens is 3. The van der Waals surface area contributed by atoms with Crippen molar-refractivity contribution in [2.45, 2.75) is 6.92 Å². The van der Waals surface area contributed by atoms with Crippen molar-refractivity contribution in [3.63, 3.8) is 0 Å². The van der Waals surface area contributed by atoms with E-state index in [1.165, 1.54) is 12.1 Å². The van der Waals surface area contributed by atoms with Gasteiger partial charge in [0.15, 0.2) is 0 Å². The molecule has 0 saturated heterocycles. The van der Waals surface area contributed by atoms with Gasteiger partial charge < -0.3 is 5.32 Å². The van der Waals surface area contributed by atoms with Gasteiger partial charge in [-0.2, -0.15) is 0 Å². The van der Waals surface area contributed by atoms with Crippen LogP contribution in [0.2, 0.25) is 10.0 Å². The standard InChI is InChI=1S/C13H11Cl2FN2/c1-2-17-13-11(15)7-10(14)12(18-13)8-3-5-9(16)6-4-8/h3-7H,2H2,1H3,(H,17,18). The number of hydrogen-bond donors (Lipinski definition) is 1. The van der Waals surface area contributed by atoms with Crippen LogP contribution in [0.1, 0.15) is 6.92 Å². The Bertz CT molecular complexity index is 556. The Hall–Kier alpha value is -1.32. The number of anilines is 1. The molecular weight excluding hydrogens is 274 g/mol. The average Bonchev–Trinajstić information content (AvgIpc) is 2.34. The van der Waals surface area contributed by atoms with Gasteiger partial charge in [0.1, 0.15) is 11.6 Å². The third-order valence-electron chi connectivity index (χ3n) is 2.39. The molecule has 18 heavy (non-hydrogen) atoms. The molecule has 94 valence electrons. The molecule has 0 amide bonds. The Balaban J connectivity index is 2.49. The minimum Gasteiger partial charge on any atom is -0.369 e. The molecule has 1 aromatic carbocycles. The number of rotatable bonds is 3. The van der Waals surface area contributed by atoms with Crippen molar-refractivity contribution in [1.82, 2.24) is 4.98 Å². The number of nitrogens with one attached hydrogen (secondary N) is 1. The van der Waals surface area contributed by atoms with Crippen molar-refractivity contribution >= 4 is 29.0 Å². The molecule has 2 aromatic rings. The van der Waals surface area contributed by atoms with E-state index in [0.29, 0.717) is 28.1 Å². The zero-order valence-corrected chi connectivity index (χ0v) is 11.2. The Morgan fingerprint density at radius 2 is 1.83 bits per heavy atom. The highest BCUT2D eigenvalue weighted by Crippen LogP contribution is 2.32. The van der Waals surface area contributed by atoms with Gasteiger partial charge >= 0.3 is 0 Å². The van der Waals surface area contributed by atoms with E-state index in [0.717, 1.165) is 5.56 Å². The van der Waals surface area contributed by atoms with Crippen molar-refractivity contribution in [3.8, 4) is 11.3 Å². The summed E-state index contributed by atoms with van der Waals surface area (Å²) in [5, 5.41) is 3.95. The quantitative estimate of drug-likeness (QED) is 0.889. The van der Waals surface area contributed by atoms with E-state index in [1.54, 1.807) is 18.2 Å². The van der Waals surface area contributed by atoms with Crippen LogP contribution in [-0.4, -0.2) is 11.5 Å². The highest BCUT2D eigenvalue weighted by atomic mass is 35.5. The van der Waals surface area contributed by atoms with Gasteiger partial charge in [-0.05, 0) is 37.3 Å². The molecule has 0 spiro atoms. The van der Waals surface area contributed by atoms with E-state index in [1.807, 2.05) is 6.92 Å². The first-order valence-electron chi connectivity index (χ1n) is 5.47. The predicted molar refractivity (Wildman–Crippen MR) is 73.8 cm³/mol.